The first-order valence-corrected chi connectivity index (χ1v) is 6.39. The summed E-state index contributed by atoms with van der Waals surface area (Å²) < 4.78 is 0. The van der Waals surface area contributed by atoms with Crippen LogP contribution in [-0.4, -0.2) is 23.4 Å². The van der Waals surface area contributed by atoms with Gasteiger partial charge in [-0.2, -0.15) is 0 Å². The molecule has 0 spiro atoms. The molecule has 0 radical (unpaired) electrons. The van der Waals surface area contributed by atoms with Crippen LogP contribution in [0.3, 0.4) is 0 Å². The molecular formula is C12H24ClN3O2. The maximum Gasteiger partial charge on any atom is 0.243 e. The number of halogens is 1. The van der Waals surface area contributed by atoms with Crippen molar-refractivity contribution in [2.75, 3.05) is 0 Å². The topological polar surface area (TPSA) is 98.2 Å². The zero-order chi connectivity index (χ0) is 12.9. The molecule has 0 aliphatic heterocycles. The summed E-state index contributed by atoms with van der Waals surface area (Å²) in [5.41, 5.74) is 10.3. The summed E-state index contributed by atoms with van der Waals surface area (Å²) >= 11 is 0. The molecule has 1 fully saturated rings. The molecule has 18 heavy (non-hydrogen) atoms. The molecule has 1 unspecified atom stereocenters. The summed E-state index contributed by atoms with van der Waals surface area (Å²) in [5, 5.41) is 2.78. The van der Waals surface area contributed by atoms with Gasteiger partial charge in [0.1, 0.15) is 5.54 Å². The van der Waals surface area contributed by atoms with E-state index in [9.17, 15) is 9.59 Å². The smallest absolute Gasteiger partial charge is 0.243 e. The maximum atomic E-state index is 11.9. The monoisotopic (exact) mass is 277 g/mol. The molecule has 106 valence electrons. The standard InChI is InChI=1S/C12H23N3O2.ClH/c1-2-6-9(13)10(16)15-12(11(14)17)7-4-3-5-8-12;/h9H,2-8,13H2,1H3,(H2,14,17)(H,15,16);1H. The Kier molecular flexibility index (Phi) is 7.25. The number of hydrogen-bond acceptors (Lipinski definition) is 3. The van der Waals surface area contributed by atoms with Gasteiger partial charge in [-0.05, 0) is 19.3 Å². The van der Waals surface area contributed by atoms with Gasteiger partial charge in [-0.1, -0.05) is 32.6 Å². The second kappa shape index (κ2) is 7.59. The summed E-state index contributed by atoms with van der Waals surface area (Å²) in [6, 6.07) is -0.543. The van der Waals surface area contributed by atoms with Gasteiger partial charge >= 0.3 is 0 Å². The fraction of sp³-hybridized carbons (Fsp3) is 0.833. The van der Waals surface area contributed by atoms with Crippen molar-refractivity contribution in [3.8, 4) is 0 Å². The van der Waals surface area contributed by atoms with Gasteiger partial charge in [0.15, 0.2) is 0 Å². The number of primary amides is 1. The molecule has 5 N–H and O–H groups in total. The molecule has 1 rings (SSSR count). The van der Waals surface area contributed by atoms with Crippen LogP contribution in [0.1, 0.15) is 51.9 Å². The zero-order valence-electron chi connectivity index (χ0n) is 10.9. The molecule has 6 heteroatoms. The molecule has 0 aromatic rings. The summed E-state index contributed by atoms with van der Waals surface area (Å²) in [5.74, 6) is -0.693. The third kappa shape index (κ3) is 4.14. The number of nitrogens with one attached hydrogen (secondary N) is 1. The highest BCUT2D eigenvalue weighted by atomic mass is 35.5. The van der Waals surface area contributed by atoms with Crippen LogP contribution in [0.2, 0.25) is 0 Å². The fourth-order valence-corrected chi connectivity index (χ4v) is 2.36. The molecular weight excluding hydrogens is 254 g/mol. The Bertz CT molecular complexity index is 291. The van der Waals surface area contributed by atoms with Crippen molar-refractivity contribution in [1.82, 2.24) is 5.32 Å². The van der Waals surface area contributed by atoms with E-state index in [-0.39, 0.29) is 18.3 Å². The van der Waals surface area contributed by atoms with E-state index < -0.39 is 17.5 Å². The van der Waals surface area contributed by atoms with Crippen molar-refractivity contribution in [2.45, 2.75) is 63.5 Å². The van der Waals surface area contributed by atoms with Crippen LogP contribution in [0.5, 0.6) is 0 Å². The Labute approximate surface area is 114 Å². The fourth-order valence-electron chi connectivity index (χ4n) is 2.36. The maximum absolute atomic E-state index is 11.9. The third-order valence-corrected chi connectivity index (χ3v) is 3.48. The normalized spacial score (nSPS) is 19.4. The van der Waals surface area contributed by atoms with Crippen molar-refractivity contribution in [1.29, 1.82) is 0 Å². The van der Waals surface area contributed by atoms with Crippen LogP contribution < -0.4 is 16.8 Å². The van der Waals surface area contributed by atoms with Crippen molar-refractivity contribution in [3.63, 3.8) is 0 Å². The van der Waals surface area contributed by atoms with E-state index >= 15 is 0 Å². The average Bonchev–Trinajstić information content (AvgIpc) is 2.30. The lowest BCUT2D eigenvalue weighted by molar-refractivity contribution is -0.133. The predicted octanol–water partition coefficient (Wildman–Crippen LogP) is 0.840. The Morgan fingerprint density at radius 3 is 2.28 bits per heavy atom. The molecule has 2 amide bonds. The van der Waals surface area contributed by atoms with Crippen molar-refractivity contribution in [2.24, 2.45) is 11.5 Å². The number of amides is 2. The zero-order valence-corrected chi connectivity index (χ0v) is 11.7. The number of nitrogens with two attached hydrogens (primary N) is 2. The highest BCUT2D eigenvalue weighted by molar-refractivity contribution is 5.92. The summed E-state index contributed by atoms with van der Waals surface area (Å²) in [6.07, 6.45) is 5.67. The molecule has 0 aromatic heterocycles. The first-order chi connectivity index (χ1) is 8.02. The van der Waals surface area contributed by atoms with Gasteiger partial charge in [0.2, 0.25) is 11.8 Å². The van der Waals surface area contributed by atoms with Crippen LogP contribution in [0.15, 0.2) is 0 Å². The van der Waals surface area contributed by atoms with Crippen molar-refractivity contribution in [3.05, 3.63) is 0 Å². The second-order valence-electron chi connectivity index (χ2n) is 4.89. The van der Waals surface area contributed by atoms with Crippen LogP contribution in [0.4, 0.5) is 0 Å². The van der Waals surface area contributed by atoms with E-state index in [0.717, 1.165) is 25.7 Å². The van der Waals surface area contributed by atoms with Crippen LogP contribution in [0.25, 0.3) is 0 Å². The lowest BCUT2D eigenvalue weighted by Crippen LogP contribution is -2.61. The third-order valence-electron chi connectivity index (χ3n) is 3.48. The molecule has 0 bridgehead atoms. The molecule has 1 atom stereocenters. The minimum Gasteiger partial charge on any atom is -0.368 e. The quantitative estimate of drug-likeness (QED) is 0.694. The van der Waals surface area contributed by atoms with E-state index in [1.807, 2.05) is 6.92 Å². The molecule has 5 nitrogen and oxygen atoms in total. The SMILES string of the molecule is CCCC(N)C(=O)NC1(C(N)=O)CCCCC1.Cl. The van der Waals surface area contributed by atoms with E-state index in [2.05, 4.69) is 5.32 Å². The van der Waals surface area contributed by atoms with Gasteiger partial charge in [0, 0.05) is 0 Å². The highest BCUT2D eigenvalue weighted by Crippen LogP contribution is 2.28. The van der Waals surface area contributed by atoms with Crippen molar-refractivity contribution >= 4 is 24.2 Å². The van der Waals surface area contributed by atoms with Crippen LogP contribution in [-0.2, 0) is 9.59 Å². The summed E-state index contributed by atoms with van der Waals surface area (Å²) in [6.45, 7) is 1.97. The van der Waals surface area contributed by atoms with E-state index in [1.165, 1.54) is 0 Å². The molecule has 1 saturated carbocycles. The second-order valence-corrected chi connectivity index (χ2v) is 4.89. The lowest BCUT2D eigenvalue weighted by Gasteiger charge is -2.35. The van der Waals surface area contributed by atoms with Gasteiger partial charge < -0.3 is 16.8 Å². The number of carbonyl (C=O) groups is 2. The average molecular weight is 278 g/mol. The summed E-state index contributed by atoms with van der Waals surface area (Å²) in [7, 11) is 0. The van der Waals surface area contributed by atoms with Crippen LogP contribution >= 0.6 is 12.4 Å². The largest absolute Gasteiger partial charge is 0.368 e. The Morgan fingerprint density at radius 1 is 1.28 bits per heavy atom. The van der Waals surface area contributed by atoms with E-state index in [4.69, 9.17) is 11.5 Å². The lowest BCUT2D eigenvalue weighted by atomic mass is 9.81. The predicted molar refractivity (Wildman–Crippen MR) is 73.3 cm³/mol. The van der Waals surface area contributed by atoms with Gasteiger partial charge in [-0.15, -0.1) is 12.4 Å². The van der Waals surface area contributed by atoms with Crippen molar-refractivity contribution < 1.29 is 9.59 Å². The molecule has 0 saturated heterocycles. The Morgan fingerprint density at radius 2 is 1.83 bits per heavy atom. The Hall–Kier alpha value is -0.810. The highest BCUT2D eigenvalue weighted by Gasteiger charge is 2.39. The van der Waals surface area contributed by atoms with Gasteiger partial charge in [0.25, 0.3) is 0 Å². The van der Waals surface area contributed by atoms with E-state index in [0.29, 0.717) is 19.3 Å². The summed E-state index contributed by atoms with van der Waals surface area (Å²) in [4.78, 5) is 23.4. The molecule has 1 aliphatic rings. The molecule has 0 heterocycles. The molecule has 1 aliphatic carbocycles. The van der Waals surface area contributed by atoms with Gasteiger partial charge in [-0.25, -0.2) is 0 Å². The number of rotatable bonds is 5. The minimum atomic E-state index is -0.860. The first-order valence-electron chi connectivity index (χ1n) is 6.39. The van der Waals surface area contributed by atoms with Gasteiger partial charge in [-0.3, -0.25) is 9.59 Å². The Balaban J connectivity index is 0.00000289. The number of carbonyl (C=O) groups excluding carboxylic acids is 2. The number of hydrogen-bond donors (Lipinski definition) is 3. The minimum absolute atomic E-state index is 0. The van der Waals surface area contributed by atoms with E-state index in [1.54, 1.807) is 0 Å². The first kappa shape index (κ1) is 17.2. The molecule has 0 aromatic carbocycles. The van der Waals surface area contributed by atoms with Gasteiger partial charge in [0.05, 0.1) is 6.04 Å². The van der Waals surface area contributed by atoms with Crippen LogP contribution in [0, 0.1) is 0 Å².